The van der Waals surface area contributed by atoms with Gasteiger partial charge in [-0.2, -0.15) is 0 Å². The number of nitrogens with zero attached hydrogens (tertiary/aromatic N) is 1. The first-order valence-electron chi connectivity index (χ1n) is 6.43. The van der Waals surface area contributed by atoms with E-state index in [-0.39, 0.29) is 17.3 Å². The Morgan fingerprint density at radius 1 is 1.10 bits per heavy atom. The van der Waals surface area contributed by atoms with Gasteiger partial charge in [0.2, 0.25) is 0 Å². The first-order valence-corrected chi connectivity index (χ1v) is 8.40. The molecular weight excluding hydrogens is 313 g/mol. The highest BCUT2D eigenvalue weighted by Gasteiger charge is 2.25. The van der Waals surface area contributed by atoms with Crippen LogP contribution >= 0.6 is 11.6 Å². The molecule has 0 heterocycles. The number of sulfonamides is 1. The molecule has 0 aliphatic carbocycles. The molecule has 6 heteroatoms. The molecule has 0 N–H and O–H groups in total. The number of hydrogen-bond donors (Lipinski definition) is 0. The van der Waals surface area contributed by atoms with Gasteiger partial charge in [-0.05, 0) is 42.8 Å². The minimum Gasteiger partial charge on any atom is -0.267 e. The molecule has 0 atom stereocenters. The molecule has 2 aromatic rings. The van der Waals surface area contributed by atoms with Crippen LogP contribution in [0.1, 0.15) is 12.5 Å². The summed E-state index contributed by atoms with van der Waals surface area (Å²) in [5, 5.41) is 0. The molecule has 21 heavy (non-hydrogen) atoms. The molecule has 0 saturated carbocycles. The minimum atomic E-state index is -3.73. The molecule has 0 fully saturated rings. The van der Waals surface area contributed by atoms with Crippen LogP contribution in [0.4, 0.5) is 10.1 Å². The Morgan fingerprint density at radius 3 is 2.29 bits per heavy atom. The van der Waals surface area contributed by atoms with Crippen molar-refractivity contribution >= 4 is 27.3 Å². The van der Waals surface area contributed by atoms with E-state index in [0.29, 0.717) is 11.3 Å². The summed E-state index contributed by atoms with van der Waals surface area (Å²) < 4.78 is 39.8. The number of alkyl halides is 1. The Labute approximate surface area is 129 Å². The van der Waals surface area contributed by atoms with Gasteiger partial charge >= 0.3 is 0 Å². The summed E-state index contributed by atoms with van der Waals surface area (Å²) in [6, 6.07) is 12.0. The van der Waals surface area contributed by atoms with Crippen LogP contribution in [0, 0.1) is 5.82 Å². The summed E-state index contributed by atoms with van der Waals surface area (Å²) in [5.41, 5.74) is 0.961. The fourth-order valence-electron chi connectivity index (χ4n) is 2.08. The van der Waals surface area contributed by atoms with Gasteiger partial charge in [0, 0.05) is 12.4 Å². The van der Waals surface area contributed by atoms with E-state index in [1.807, 2.05) is 0 Å². The average Bonchev–Trinajstić information content (AvgIpc) is 2.49. The number of rotatable bonds is 5. The monoisotopic (exact) mass is 327 g/mol. The summed E-state index contributed by atoms with van der Waals surface area (Å²) in [6.07, 6.45) is 0. The lowest BCUT2D eigenvalue weighted by molar-refractivity contribution is 0.590. The van der Waals surface area contributed by atoms with E-state index in [4.69, 9.17) is 11.6 Å². The number of hydrogen-bond acceptors (Lipinski definition) is 2. The van der Waals surface area contributed by atoms with Crippen molar-refractivity contribution in [2.24, 2.45) is 0 Å². The van der Waals surface area contributed by atoms with Gasteiger partial charge in [0.1, 0.15) is 5.82 Å². The van der Waals surface area contributed by atoms with Crippen molar-refractivity contribution in [3.8, 4) is 0 Å². The molecule has 112 valence electrons. The Bertz CT molecular complexity index is 717. The largest absolute Gasteiger partial charge is 0.267 e. The number of benzene rings is 2. The van der Waals surface area contributed by atoms with Crippen LogP contribution in [0.2, 0.25) is 0 Å². The molecule has 0 radical (unpaired) electrons. The van der Waals surface area contributed by atoms with Gasteiger partial charge in [-0.3, -0.25) is 4.31 Å². The molecule has 0 bridgehead atoms. The van der Waals surface area contributed by atoms with Gasteiger partial charge in [0.25, 0.3) is 10.0 Å². The van der Waals surface area contributed by atoms with Crippen molar-refractivity contribution in [2.75, 3.05) is 10.8 Å². The maximum absolute atomic E-state index is 13.0. The number of anilines is 1. The van der Waals surface area contributed by atoms with E-state index < -0.39 is 15.8 Å². The number of halogens is 2. The van der Waals surface area contributed by atoms with Crippen molar-refractivity contribution in [2.45, 2.75) is 17.7 Å². The zero-order chi connectivity index (χ0) is 15.5. The smallest absolute Gasteiger partial charge is 0.264 e. The second kappa shape index (κ2) is 6.45. The standard InChI is InChI=1S/C15H15ClFNO2S/c1-2-18(14-9-7-13(17)8-10-14)21(19,20)15-6-4-3-5-12(15)11-16/h3-10H,2,11H2,1H3. The molecule has 3 nitrogen and oxygen atoms in total. The molecule has 0 aliphatic heterocycles. The third kappa shape index (κ3) is 3.19. The lowest BCUT2D eigenvalue weighted by atomic mass is 10.2. The first kappa shape index (κ1) is 15.8. The first-order chi connectivity index (χ1) is 10.0. The fourth-order valence-corrected chi connectivity index (χ4v) is 4.09. The topological polar surface area (TPSA) is 37.4 Å². The lowest BCUT2D eigenvalue weighted by Crippen LogP contribution is -2.31. The third-order valence-electron chi connectivity index (χ3n) is 3.09. The predicted molar refractivity (Wildman–Crippen MR) is 82.6 cm³/mol. The van der Waals surface area contributed by atoms with Gasteiger partial charge in [0.05, 0.1) is 10.6 Å². The highest BCUT2D eigenvalue weighted by molar-refractivity contribution is 7.92. The summed E-state index contributed by atoms with van der Waals surface area (Å²) in [7, 11) is -3.73. The van der Waals surface area contributed by atoms with Crippen molar-refractivity contribution in [1.29, 1.82) is 0 Å². The normalized spacial score (nSPS) is 11.4. The Hall–Kier alpha value is -1.59. The Morgan fingerprint density at radius 2 is 1.71 bits per heavy atom. The van der Waals surface area contributed by atoms with Crippen LogP contribution in [-0.2, 0) is 15.9 Å². The molecule has 0 aromatic heterocycles. The Kier molecular flexibility index (Phi) is 4.85. The molecule has 0 saturated heterocycles. The molecule has 2 aromatic carbocycles. The van der Waals surface area contributed by atoms with E-state index in [1.165, 1.54) is 34.6 Å². The summed E-state index contributed by atoms with van der Waals surface area (Å²) >= 11 is 5.82. The average molecular weight is 328 g/mol. The SMILES string of the molecule is CCN(c1ccc(F)cc1)S(=O)(=O)c1ccccc1CCl. The van der Waals surface area contributed by atoms with Gasteiger partial charge in [0.15, 0.2) is 0 Å². The predicted octanol–water partition coefficient (Wildman–Crippen LogP) is 3.78. The molecule has 0 unspecified atom stereocenters. The fraction of sp³-hybridized carbons (Fsp3) is 0.200. The van der Waals surface area contributed by atoms with Crippen molar-refractivity contribution in [1.82, 2.24) is 0 Å². The maximum atomic E-state index is 13.0. The molecule has 0 spiro atoms. The molecule has 0 amide bonds. The van der Waals surface area contributed by atoms with Crippen LogP contribution < -0.4 is 4.31 Å². The zero-order valence-corrected chi connectivity index (χ0v) is 13.0. The second-order valence-corrected chi connectivity index (χ2v) is 6.49. The molecule has 0 aliphatic rings. The lowest BCUT2D eigenvalue weighted by Gasteiger charge is -2.24. The van der Waals surface area contributed by atoms with Gasteiger partial charge in [-0.25, -0.2) is 12.8 Å². The zero-order valence-electron chi connectivity index (χ0n) is 11.5. The minimum absolute atomic E-state index is 0.108. The highest BCUT2D eigenvalue weighted by Crippen LogP contribution is 2.26. The molecule has 2 rings (SSSR count). The van der Waals surface area contributed by atoms with Gasteiger partial charge in [-0.15, -0.1) is 11.6 Å². The van der Waals surface area contributed by atoms with Crippen molar-refractivity contribution in [3.05, 3.63) is 59.9 Å². The molecular formula is C15H15ClFNO2S. The van der Waals surface area contributed by atoms with Crippen LogP contribution in [0.5, 0.6) is 0 Å². The van der Waals surface area contributed by atoms with Gasteiger partial charge < -0.3 is 0 Å². The van der Waals surface area contributed by atoms with Crippen LogP contribution in [-0.4, -0.2) is 15.0 Å². The second-order valence-electron chi connectivity index (χ2n) is 4.39. The summed E-state index contributed by atoms with van der Waals surface area (Å²) in [4.78, 5) is 0.172. The Balaban J connectivity index is 2.52. The van der Waals surface area contributed by atoms with Crippen LogP contribution in [0.15, 0.2) is 53.4 Å². The van der Waals surface area contributed by atoms with E-state index in [9.17, 15) is 12.8 Å². The maximum Gasteiger partial charge on any atom is 0.264 e. The third-order valence-corrected chi connectivity index (χ3v) is 5.38. The summed E-state index contributed by atoms with van der Waals surface area (Å²) in [5.74, 6) is -0.301. The van der Waals surface area contributed by atoms with Crippen LogP contribution in [0.3, 0.4) is 0 Å². The van der Waals surface area contributed by atoms with Gasteiger partial charge in [-0.1, -0.05) is 18.2 Å². The quantitative estimate of drug-likeness (QED) is 0.784. The van der Waals surface area contributed by atoms with E-state index >= 15 is 0 Å². The summed E-state index contributed by atoms with van der Waals surface area (Å²) in [6.45, 7) is 1.97. The van der Waals surface area contributed by atoms with Crippen molar-refractivity contribution in [3.63, 3.8) is 0 Å². The van der Waals surface area contributed by atoms with E-state index in [0.717, 1.165) is 0 Å². The van der Waals surface area contributed by atoms with E-state index in [2.05, 4.69) is 0 Å². The van der Waals surface area contributed by atoms with E-state index in [1.54, 1.807) is 25.1 Å². The van der Waals surface area contributed by atoms with Crippen LogP contribution in [0.25, 0.3) is 0 Å². The highest BCUT2D eigenvalue weighted by atomic mass is 35.5. The van der Waals surface area contributed by atoms with Crippen molar-refractivity contribution < 1.29 is 12.8 Å².